The maximum atomic E-state index is 13.4. The zero-order valence-corrected chi connectivity index (χ0v) is 18.9. The van der Waals surface area contributed by atoms with Gasteiger partial charge in [0.25, 0.3) is 5.89 Å². The van der Waals surface area contributed by atoms with Gasteiger partial charge < -0.3 is 9.26 Å². The number of nitrogens with zero attached hydrogens (tertiary/aromatic N) is 4. The molecule has 0 saturated heterocycles. The van der Waals surface area contributed by atoms with Gasteiger partial charge in [0.2, 0.25) is 0 Å². The minimum absolute atomic E-state index is 0.00483. The first-order valence-corrected chi connectivity index (χ1v) is 10.7. The number of carbonyl (C=O) groups is 1. The van der Waals surface area contributed by atoms with E-state index in [0.29, 0.717) is 5.82 Å². The van der Waals surface area contributed by atoms with Crippen LogP contribution in [0.5, 0.6) is 0 Å². The third-order valence-corrected chi connectivity index (χ3v) is 5.50. The third-order valence-electron chi connectivity index (χ3n) is 5.50. The van der Waals surface area contributed by atoms with Crippen LogP contribution in [0.1, 0.15) is 62.7 Å². The number of benzene rings is 1. The van der Waals surface area contributed by atoms with Crippen LogP contribution in [0.25, 0.3) is 11.6 Å². The molecule has 0 N–H and O–H groups in total. The molecule has 1 aliphatic rings. The van der Waals surface area contributed by atoms with E-state index < -0.39 is 28.9 Å². The molecule has 7 nitrogen and oxygen atoms in total. The molecule has 0 unspecified atom stereocenters. The van der Waals surface area contributed by atoms with Crippen LogP contribution in [0.2, 0.25) is 0 Å². The molecule has 1 aromatic carbocycles. The molecule has 0 bridgehead atoms. The zero-order valence-electron chi connectivity index (χ0n) is 18.9. The molecular weight excluding hydrogens is 437 g/mol. The summed E-state index contributed by atoms with van der Waals surface area (Å²) in [5.74, 6) is -0.183. The van der Waals surface area contributed by atoms with E-state index in [1.54, 1.807) is 20.8 Å². The Bertz CT molecular complexity index is 1170. The lowest BCUT2D eigenvalue weighted by molar-refractivity contribution is -0.155. The molecule has 1 aliphatic carbocycles. The van der Waals surface area contributed by atoms with Crippen molar-refractivity contribution >= 4 is 5.97 Å². The fraction of sp³-hybridized carbons (Fsp3) is 0.478. The van der Waals surface area contributed by atoms with Crippen LogP contribution in [-0.4, -0.2) is 31.5 Å². The zero-order chi connectivity index (χ0) is 24.0. The van der Waals surface area contributed by atoms with Crippen molar-refractivity contribution in [3.8, 4) is 11.6 Å². The van der Waals surface area contributed by atoms with Gasteiger partial charge in [-0.05, 0) is 51.7 Å². The molecule has 176 valence electrons. The highest BCUT2D eigenvalue weighted by Gasteiger charge is 2.51. The summed E-state index contributed by atoms with van der Waals surface area (Å²) in [5, 5.41) is 7.74. The van der Waals surface area contributed by atoms with Gasteiger partial charge in [-0.15, -0.1) is 0 Å². The van der Waals surface area contributed by atoms with Gasteiger partial charge in [-0.3, -0.25) is 9.48 Å². The molecule has 2 aromatic heterocycles. The molecule has 0 radical (unpaired) electrons. The summed E-state index contributed by atoms with van der Waals surface area (Å²) in [6, 6.07) is 8.74. The van der Waals surface area contributed by atoms with Gasteiger partial charge >= 0.3 is 12.1 Å². The van der Waals surface area contributed by atoms with Crippen molar-refractivity contribution in [2.75, 3.05) is 0 Å². The summed E-state index contributed by atoms with van der Waals surface area (Å²) < 4.78 is 51.8. The quantitative estimate of drug-likeness (QED) is 0.476. The lowest BCUT2D eigenvalue weighted by Crippen LogP contribution is -2.24. The summed E-state index contributed by atoms with van der Waals surface area (Å²) in [5.41, 5.74) is -0.0283. The van der Waals surface area contributed by atoms with Crippen LogP contribution < -0.4 is 0 Å². The summed E-state index contributed by atoms with van der Waals surface area (Å²) in [6.07, 6.45) is -3.17. The van der Waals surface area contributed by atoms with Gasteiger partial charge in [0, 0.05) is 6.07 Å². The van der Waals surface area contributed by atoms with Gasteiger partial charge in [0.1, 0.15) is 11.3 Å². The van der Waals surface area contributed by atoms with E-state index in [4.69, 9.17) is 9.26 Å². The van der Waals surface area contributed by atoms with E-state index in [-0.39, 0.29) is 24.6 Å². The topological polar surface area (TPSA) is 83.0 Å². The number of halogens is 3. The molecule has 2 heterocycles. The molecule has 3 aromatic rings. The van der Waals surface area contributed by atoms with Gasteiger partial charge in [-0.1, -0.05) is 29.4 Å². The Morgan fingerprint density at radius 3 is 2.52 bits per heavy atom. The Morgan fingerprint density at radius 1 is 1.21 bits per heavy atom. The van der Waals surface area contributed by atoms with Crippen LogP contribution in [0.15, 0.2) is 34.9 Å². The molecule has 0 aliphatic heterocycles. The minimum atomic E-state index is -4.66. The Kier molecular flexibility index (Phi) is 5.58. The fourth-order valence-corrected chi connectivity index (χ4v) is 3.86. The van der Waals surface area contributed by atoms with Crippen molar-refractivity contribution in [2.45, 2.75) is 70.7 Å². The summed E-state index contributed by atoms with van der Waals surface area (Å²) in [6.45, 7) is 7.02. The lowest BCUT2D eigenvalue weighted by atomic mass is 9.91. The minimum Gasteiger partial charge on any atom is -0.460 e. The maximum absolute atomic E-state index is 13.4. The second kappa shape index (κ2) is 8.00. The first kappa shape index (κ1) is 23.0. The SMILES string of the molecule is Cc1ccccc1C1(c2noc(-c3cc(C(F)(F)F)nn3CCC(=O)OC(C)(C)C)n2)CC1. The van der Waals surface area contributed by atoms with Crippen molar-refractivity contribution in [2.24, 2.45) is 0 Å². The molecule has 0 amide bonds. The van der Waals surface area contributed by atoms with Crippen LogP contribution in [0.4, 0.5) is 13.2 Å². The fourth-order valence-electron chi connectivity index (χ4n) is 3.86. The van der Waals surface area contributed by atoms with Crippen LogP contribution >= 0.6 is 0 Å². The van der Waals surface area contributed by atoms with Crippen LogP contribution in [-0.2, 0) is 27.7 Å². The van der Waals surface area contributed by atoms with E-state index in [1.165, 1.54) is 0 Å². The van der Waals surface area contributed by atoms with E-state index >= 15 is 0 Å². The number of hydrogen-bond acceptors (Lipinski definition) is 6. The standard InChI is InChI=1S/C23H25F3N4O3/c1-14-7-5-6-8-15(14)22(10-11-22)20-27-19(33-29-20)16-13-17(23(24,25)26)28-30(16)12-9-18(31)32-21(2,3)4/h5-8,13H,9-12H2,1-4H3. The average molecular weight is 462 g/mol. The third kappa shape index (κ3) is 4.79. The Balaban J connectivity index is 1.64. The second-order valence-electron chi connectivity index (χ2n) is 9.29. The number of aryl methyl sites for hydroxylation is 2. The van der Waals surface area contributed by atoms with Crippen molar-refractivity contribution in [3.05, 3.63) is 53.0 Å². The molecule has 1 saturated carbocycles. The van der Waals surface area contributed by atoms with Crippen molar-refractivity contribution < 1.29 is 27.2 Å². The number of esters is 1. The Morgan fingerprint density at radius 2 is 1.91 bits per heavy atom. The first-order valence-electron chi connectivity index (χ1n) is 10.7. The summed E-state index contributed by atoms with van der Waals surface area (Å²) >= 11 is 0. The molecule has 33 heavy (non-hydrogen) atoms. The molecule has 4 rings (SSSR count). The largest absolute Gasteiger partial charge is 0.460 e. The number of aromatic nitrogens is 4. The molecule has 10 heteroatoms. The highest BCUT2D eigenvalue weighted by Crippen LogP contribution is 2.53. The molecular formula is C23H25F3N4O3. The highest BCUT2D eigenvalue weighted by atomic mass is 19.4. The number of carbonyl (C=O) groups excluding carboxylic acids is 1. The maximum Gasteiger partial charge on any atom is 0.435 e. The summed E-state index contributed by atoms with van der Waals surface area (Å²) in [4.78, 5) is 16.5. The Labute approximate surface area is 188 Å². The van der Waals surface area contributed by atoms with Crippen LogP contribution in [0.3, 0.4) is 0 Å². The normalized spacial score (nSPS) is 15.5. The predicted molar refractivity (Wildman–Crippen MR) is 112 cm³/mol. The molecule has 1 fully saturated rings. The van der Waals surface area contributed by atoms with Gasteiger partial charge in [-0.2, -0.15) is 23.3 Å². The van der Waals surface area contributed by atoms with E-state index in [0.717, 1.165) is 34.7 Å². The number of alkyl halides is 3. The number of ether oxygens (including phenoxy) is 1. The van der Waals surface area contributed by atoms with Crippen molar-refractivity contribution in [1.82, 2.24) is 19.9 Å². The van der Waals surface area contributed by atoms with E-state index in [1.807, 2.05) is 31.2 Å². The predicted octanol–water partition coefficient (Wildman–Crippen LogP) is 5.07. The first-order chi connectivity index (χ1) is 15.4. The number of rotatable bonds is 6. The lowest BCUT2D eigenvalue weighted by Gasteiger charge is -2.19. The van der Waals surface area contributed by atoms with Gasteiger partial charge in [0.05, 0.1) is 18.4 Å². The average Bonchev–Trinajstić information content (AvgIpc) is 3.15. The monoisotopic (exact) mass is 462 g/mol. The van der Waals surface area contributed by atoms with Gasteiger partial charge in [-0.25, -0.2) is 0 Å². The van der Waals surface area contributed by atoms with E-state index in [9.17, 15) is 18.0 Å². The van der Waals surface area contributed by atoms with Crippen LogP contribution in [0, 0.1) is 6.92 Å². The highest BCUT2D eigenvalue weighted by molar-refractivity contribution is 5.69. The Hall–Kier alpha value is -3.17. The number of hydrogen-bond donors (Lipinski definition) is 0. The van der Waals surface area contributed by atoms with Gasteiger partial charge in [0.15, 0.2) is 11.5 Å². The van der Waals surface area contributed by atoms with E-state index in [2.05, 4.69) is 15.2 Å². The molecule has 0 atom stereocenters. The van der Waals surface area contributed by atoms with Crippen molar-refractivity contribution in [3.63, 3.8) is 0 Å². The summed E-state index contributed by atoms with van der Waals surface area (Å²) in [7, 11) is 0. The van der Waals surface area contributed by atoms with Crippen molar-refractivity contribution in [1.29, 1.82) is 0 Å². The molecule has 0 spiro atoms. The smallest absolute Gasteiger partial charge is 0.435 e. The second-order valence-corrected chi connectivity index (χ2v) is 9.29.